The fraction of sp³-hybridized carbons (Fsp3) is 1.00. The van der Waals surface area contributed by atoms with Gasteiger partial charge in [-0.2, -0.15) is 0 Å². The lowest BCUT2D eigenvalue weighted by Crippen LogP contribution is -2.29. The SMILES string of the molecule is CCC(C)C(N)CCC(C)C(CC)CN. The zero-order valence-corrected chi connectivity index (χ0v) is 11.0. The predicted molar refractivity (Wildman–Crippen MR) is 68.7 cm³/mol. The highest BCUT2D eigenvalue weighted by Crippen LogP contribution is 2.21. The quantitative estimate of drug-likeness (QED) is 0.653. The van der Waals surface area contributed by atoms with E-state index in [2.05, 4.69) is 27.7 Å². The minimum atomic E-state index is 0.368. The van der Waals surface area contributed by atoms with Crippen molar-refractivity contribution < 1.29 is 0 Å². The summed E-state index contributed by atoms with van der Waals surface area (Å²) in [5.41, 5.74) is 11.9. The lowest BCUT2D eigenvalue weighted by atomic mass is 9.85. The third kappa shape index (κ3) is 5.53. The maximum absolute atomic E-state index is 6.13. The molecular formula is C13H30N2. The van der Waals surface area contributed by atoms with Crippen LogP contribution in [0.25, 0.3) is 0 Å². The molecule has 0 radical (unpaired) electrons. The number of hydrogen-bond acceptors (Lipinski definition) is 2. The molecule has 0 rings (SSSR count). The van der Waals surface area contributed by atoms with Gasteiger partial charge in [-0.15, -0.1) is 0 Å². The molecule has 4 unspecified atom stereocenters. The first-order valence-electron chi connectivity index (χ1n) is 6.52. The smallest absolute Gasteiger partial charge is 0.00645 e. The van der Waals surface area contributed by atoms with Gasteiger partial charge < -0.3 is 11.5 Å². The van der Waals surface area contributed by atoms with Crippen LogP contribution >= 0.6 is 0 Å². The Labute approximate surface area is 95.8 Å². The molecule has 92 valence electrons. The van der Waals surface area contributed by atoms with E-state index >= 15 is 0 Å². The molecule has 0 aliphatic rings. The van der Waals surface area contributed by atoms with Crippen molar-refractivity contribution in [1.82, 2.24) is 0 Å². The van der Waals surface area contributed by atoms with Gasteiger partial charge in [-0.3, -0.25) is 0 Å². The van der Waals surface area contributed by atoms with Gasteiger partial charge in [0.25, 0.3) is 0 Å². The molecule has 2 nitrogen and oxygen atoms in total. The first kappa shape index (κ1) is 14.9. The van der Waals surface area contributed by atoms with E-state index in [4.69, 9.17) is 11.5 Å². The molecule has 15 heavy (non-hydrogen) atoms. The standard InChI is InChI=1S/C13H30N2/c1-5-10(3)13(15)8-7-11(4)12(6-2)9-14/h10-13H,5-9,14-15H2,1-4H3. The van der Waals surface area contributed by atoms with Crippen LogP contribution in [0.1, 0.15) is 53.4 Å². The third-order valence-electron chi connectivity index (χ3n) is 3.96. The minimum Gasteiger partial charge on any atom is -0.330 e. The summed E-state index contributed by atoms with van der Waals surface area (Å²) < 4.78 is 0. The van der Waals surface area contributed by atoms with Crippen LogP contribution in [0.4, 0.5) is 0 Å². The van der Waals surface area contributed by atoms with Gasteiger partial charge in [0.15, 0.2) is 0 Å². The summed E-state index contributed by atoms with van der Waals surface area (Å²) in [7, 11) is 0. The predicted octanol–water partition coefficient (Wildman–Crippen LogP) is 2.76. The van der Waals surface area contributed by atoms with E-state index < -0.39 is 0 Å². The maximum atomic E-state index is 6.13. The second-order valence-corrected chi connectivity index (χ2v) is 5.01. The van der Waals surface area contributed by atoms with Gasteiger partial charge in [-0.1, -0.05) is 40.5 Å². The molecule has 0 saturated heterocycles. The Hall–Kier alpha value is -0.0800. The number of hydrogen-bond donors (Lipinski definition) is 2. The van der Waals surface area contributed by atoms with Crippen molar-refractivity contribution in [3.8, 4) is 0 Å². The van der Waals surface area contributed by atoms with E-state index in [-0.39, 0.29) is 0 Å². The van der Waals surface area contributed by atoms with Gasteiger partial charge in [0, 0.05) is 6.04 Å². The molecule has 0 aromatic carbocycles. The highest BCUT2D eigenvalue weighted by Gasteiger charge is 2.16. The van der Waals surface area contributed by atoms with E-state index in [9.17, 15) is 0 Å². The molecule has 0 saturated carbocycles. The Morgan fingerprint density at radius 2 is 1.53 bits per heavy atom. The number of nitrogens with two attached hydrogens (primary N) is 2. The molecule has 0 spiro atoms. The molecule has 4 N–H and O–H groups in total. The lowest BCUT2D eigenvalue weighted by molar-refractivity contribution is 0.301. The van der Waals surface area contributed by atoms with Crippen molar-refractivity contribution >= 4 is 0 Å². The van der Waals surface area contributed by atoms with Crippen molar-refractivity contribution in [1.29, 1.82) is 0 Å². The molecule has 0 fully saturated rings. The van der Waals surface area contributed by atoms with Gasteiger partial charge >= 0.3 is 0 Å². The van der Waals surface area contributed by atoms with Gasteiger partial charge in [0.05, 0.1) is 0 Å². The molecule has 0 aliphatic heterocycles. The summed E-state index contributed by atoms with van der Waals surface area (Å²) in [5, 5.41) is 0. The maximum Gasteiger partial charge on any atom is 0.00645 e. The Morgan fingerprint density at radius 3 is 1.93 bits per heavy atom. The van der Waals surface area contributed by atoms with Crippen LogP contribution in [-0.2, 0) is 0 Å². The Bertz CT molecular complexity index is 143. The summed E-state index contributed by atoms with van der Waals surface area (Å²) in [5.74, 6) is 2.04. The number of rotatable bonds is 8. The largest absolute Gasteiger partial charge is 0.330 e. The summed E-state index contributed by atoms with van der Waals surface area (Å²) in [6.07, 6.45) is 4.74. The second kappa shape index (κ2) is 8.12. The van der Waals surface area contributed by atoms with Gasteiger partial charge in [0.2, 0.25) is 0 Å². The Kier molecular flexibility index (Phi) is 8.07. The zero-order chi connectivity index (χ0) is 11.8. The Balaban J connectivity index is 3.83. The van der Waals surface area contributed by atoms with Crippen molar-refractivity contribution in [3.05, 3.63) is 0 Å². The van der Waals surface area contributed by atoms with Crippen molar-refractivity contribution in [2.75, 3.05) is 6.54 Å². The molecule has 2 heteroatoms. The van der Waals surface area contributed by atoms with Crippen LogP contribution in [0.5, 0.6) is 0 Å². The molecule has 0 heterocycles. The van der Waals surface area contributed by atoms with E-state index in [0.717, 1.165) is 18.9 Å². The van der Waals surface area contributed by atoms with E-state index in [1.807, 2.05) is 0 Å². The lowest BCUT2D eigenvalue weighted by Gasteiger charge is -2.24. The highest BCUT2D eigenvalue weighted by atomic mass is 14.6. The van der Waals surface area contributed by atoms with Crippen LogP contribution in [0.15, 0.2) is 0 Å². The van der Waals surface area contributed by atoms with Gasteiger partial charge in [-0.05, 0) is 37.1 Å². The molecule has 0 aromatic heterocycles. The second-order valence-electron chi connectivity index (χ2n) is 5.01. The van der Waals surface area contributed by atoms with E-state index in [0.29, 0.717) is 17.9 Å². The Morgan fingerprint density at radius 1 is 0.933 bits per heavy atom. The van der Waals surface area contributed by atoms with Crippen LogP contribution in [-0.4, -0.2) is 12.6 Å². The first-order chi connectivity index (χ1) is 7.06. The van der Waals surface area contributed by atoms with Crippen molar-refractivity contribution in [2.24, 2.45) is 29.2 Å². The summed E-state index contributed by atoms with van der Waals surface area (Å²) in [6.45, 7) is 9.81. The topological polar surface area (TPSA) is 52.0 Å². The average molecular weight is 214 g/mol. The molecule has 0 amide bonds. The summed E-state index contributed by atoms with van der Waals surface area (Å²) >= 11 is 0. The first-order valence-corrected chi connectivity index (χ1v) is 6.52. The average Bonchev–Trinajstić information content (AvgIpc) is 2.26. The fourth-order valence-corrected chi connectivity index (χ4v) is 2.08. The highest BCUT2D eigenvalue weighted by molar-refractivity contribution is 4.72. The fourth-order valence-electron chi connectivity index (χ4n) is 2.08. The van der Waals surface area contributed by atoms with Crippen LogP contribution in [0.3, 0.4) is 0 Å². The monoisotopic (exact) mass is 214 g/mol. The molecule has 0 bridgehead atoms. The summed E-state index contributed by atoms with van der Waals surface area (Å²) in [6, 6.07) is 0.368. The van der Waals surface area contributed by atoms with Gasteiger partial charge in [0.1, 0.15) is 0 Å². The molecule has 0 aromatic rings. The molecule has 0 aliphatic carbocycles. The third-order valence-corrected chi connectivity index (χ3v) is 3.96. The van der Waals surface area contributed by atoms with Crippen LogP contribution < -0.4 is 11.5 Å². The van der Waals surface area contributed by atoms with Crippen LogP contribution in [0.2, 0.25) is 0 Å². The van der Waals surface area contributed by atoms with Crippen LogP contribution in [0, 0.1) is 17.8 Å². The van der Waals surface area contributed by atoms with Gasteiger partial charge in [-0.25, -0.2) is 0 Å². The van der Waals surface area contributed by atoms with Crippen molar-refractivity contribution in [3.63, 3.8) is 0 Å². The zero-order valence-electron chi connectivity index (χ0n) is 11.0. The molecule has 4 atom stereocenters. The normalized spacial score (nSPS) is 19.6. The van der Waals surface area contributed by atoms with E-state index in [1.165, 1.54) is 19.3 Å². The molecular weight excluding hydrogens is 184 g/mol. The minimum absolute atomic E-state index is 0.368. The van der Waals surface area contributed by atoms with E-state index in [1.54, 1.807) is 0 Å². The summed E-state index contributed by atoms with van der Waals surface area (Å²) in [4.78, 5) is 0. The van der Waals surface area contributed by atoms with Crippen molar-refractivity contribution in [2.45, 2.75) is 59.4 Å².